The predicted molar refractivity (Wildman–Crippen MR) is 68.5 cm³/mol. The van der Waals surface area contributed by atoms with E-state index in [-0.39, 0.29) is 24.1 Å². The average Bonchev–Trinajstić information content (AvgIpc) is 2.33. The van der Waals surface area contributed by atoms with Gasteiger partial charge in [-0.2, -0.15) is 11.8 Å². The first kappa shape index (κ1) is 16.5. The van der Waals surface area contributed by atoms with Crippen LogP contribution in [0.4, 0.5) is 0 Å². The molecule has 0 fully saturated rings. The number of carbonyl (C=O) groups is 1. The van der Waals surface area contributed by atoms with Crippen molar-refractivity contribution in [1.82, 2.24) is 0 Å². The van der Waals surface area contributed by atoms with Crippen molar-refractivity contribution in [3.63, 3.8) is 0 Å². The Morgan fingerprint density at radius 3 is 2.76 bits per heavy atom. The van der Waals surface area contributed by atoms with E-state index in [0.29, 0.717) is 24.3 Å². The molecule has 0 aliphatic heterocycles. The van der Waals surface area contributed by atoms with Crippen molar-refractivity contribution in [2.75, 3.05) is 18.1 Å². The molecule has 2 unspecified atom stereocenters. The second kappa shape index (κ2) is 9.50. The Morgan fingerprint density at radius 1 is 1.59 bits per heavy atom. The lowest BCUT2D eigenvalue weighted by Gasteiger charge is -2.12. The summed E-state index contributed by atoms with van der Waals surface area (Å²) >= 11 is 1.49. The third-order valence-electron chi connectivity index (χ3n) is 2.24. The second-order valence-electron chi connectivity index (χ2n) is 4.04. The van der Waals surface area contributed by atoms with Crippen molar-refractivity contribution in [3.05, 3.63) is 19.3 Å². The van der Waals surface area contributed by atoms with Gasteiger partial charge in [-0.15, -0.1) is 0 Å². The number of aliphatic hydroxyl groups is 1. The molecule has 0 spiro atoms. The molecule has 0 saturated carbocycles. The predicted octanol–water partition coefficient (Wildman–Crippen LogP) is 2.03. The van der Waals surface area contributed by atoms with E-state index in [0.717, 1.165) is 0 Å². The number of carbonyl (C=O) groups excluding carboxylic acids is 1. The lowest BCUT2D eigenvalue weighted by atomic mass is 9.95. The standard InChI is InChI=1S/C12H20O4S/c1-9(7-13)6-12(14)10(2)4-5-17-8-11(3)16-15/h2,9-10,13,15H,3-8H2,1H3. The van der Waals surface area contributed by atoms with Crippen LogP contribution in [0.15, 0.2) is 12.3 Å². The highest BCUT2D eigenvalue weighted by molar-refractivity contribution is 7.99. The minimum Gasteiger partial charge on any atom is -0.396 e. The molecular weight excluding hydrogens is 240 g/mol. The molecule has 4 nitrogen and oxygen atoms in total. The van der Waals surface area contributed by atoms with E-state index >= 15 is 0 Å². The van der Waals surface area contributed by atoms with Crippen molar-refractivity contribution < 1.29 is 20.0 Å². The van der Waals surface area contributed by atoms with E-state index in [1.54, 1.807) is 0 Å². The van der Waals surface area contributed by atoms with Gasteiger partial charge in [0.1, 0.15) is 11.5 Å². The first-order valence-electron chi connectivity index (χ1n) is 5.47. The Bertz CT molecular complexity index is 243. The molecule has 0 rings (SSSR count). The summed E-state index contributed by atoms with van der Waals surface area (Å²) in [4.78, 5) is 15.5. The number of rotatable bonds is 10. The van der Waals surface area contributed by atoms with Crippen molar-refractivity contribution in [3.8, 4) is 0 Å². The van der Waals surface area contributed by atoms with Gasteiger partial charge in [0.15, 0.2) is 0 Å². The van der Waals surface area contributed by atoms with E-state index in [1.807, 2.05) is 6.92 Å². The van der Waals surface area contributed by atoms with Gasteiger partial charge >= 0.3 is 0 Å². The van der Waals surface area contributed by atoms with Crippen LogP contribution in [0.2, 0.25) is 0 Å². The first-order valence-corrected chi connectivity index (χ1v) is 6.62. The van der Waals surface area contributed by atoms with Crippen LogP contribution >= 0.6 is 11.8 Å². The zero-order chi connectivity index (χ0) is 13.3. The lowest BCUT2D eigenvalue weighted by Crippen LogP contribution is -2.17. The number of Topliss-reactive ketones (excluding diaryl/α,β-unsaturated/α-hetero) is 1. The summed E-state index contributed by atoms with van der Waals surface area (Å²) in [7, 11) is 0. The lowest BCUT2D eigenvalue weighted by molar-refractivity contribution is -0.201. The van der Waals surface area contributed by atoms with E-state index in [4.69, 9.17) is 17.3 Å². The van der Waals surface area contributed by atoms with Gasteiger partial charge in [-0.25, -0.2) is 5.26 Å². The molecular formula is C12H20O4S. The van der Waals surface area contributed by atoms with Crippen LogP contribution in [0.5, 0.6) is 0 Å². The van der Waals surface area contributed by atoms with Gasteiger partial charge in [-0.3, -0.25) is 4.79 Å². The summed E-state index contributed by atoms with van der Waals surface area (Å²) < 4.78 is 0. The Hall–Kier alpha value is -0.520. The maximum atomic E-state index is 11.6. The normalized spacial score (nSPS) is 14.1. The van der Waals surface area contributed by atoms with Crippen molar-refractivity contribution in [2.24, 2.45) is 11.8 Å². The van der Waals surface area contributed by atoms with Crippen LogP contribution < -0.4 is 0 Å². The SMILES string of the molecule is [CH]C(CCSCC(=C)OO)C(=O)CC(C)CO. The molecule has 98 valence electrons. The monoisotopic (exact) mass is 260 g/mol. The van der Waals surface area contributed by atoms with Crippen LogP contribution in [0.25, 0.3) is 0 Å². The van der Waals surface area contributed by atoms with Crippen LogP contribution in [-0.4, -0.2) is 34.3 Å². The number of aliphatic hydroxyl groups excluding tert-OH is 1. The Kier molecular flexibility index (Phi) is 9.21. The molecule has 0 amide bonds. The number of thioether (sulfide) groups is 1. The molecule has 0 aromatic heterocycles. The largest absolute Gasteiger partial charge is 0.396 e. The van der Waals surface area contributed by atoms with E-state index < -0.39 is 5.92 Å². The molecule has 0 saturated heterocycles. The fourth-order valence-electron chi connectivity index (χ4n) is 1.14. The van der Waals surface area contributed by atoms with Crippen molar-refractivity contribution >= 4 is 17.5 Å². The summed E-state index contributed by atoms with van der Waals surface area (Å²) in [5.41, 5.74) is 0. The highest BCUT2D eigenvalue weighted by atomic mass is 32.2. The van der Waals surface area contributed by atoms with Gasteiger partial charge in [-0.05, 0) is 25.0 Å². The molecule has 2 atom stereocenters. The van der Waals surface area contributed by atoms with Gasteiger partial charge in [0.2, 0.25) is 0 Å². The summed E-state index contributed by atoms with van der Waals surface area (Å²) in [6.07, 6.45) is 0.884. The zero-order valence-corrected chi connectivity index (χ0v) is 10.9. The van der Waals surface area contributed by atoms with Gasteiger partial charge in [0.05, 0.1) is 5.75 Å². The van der Waals surface area contributed by atoms with Crippen molar-refractivity contribution in [1.29, 1.82) is 0 Å². The molecule has 17 heavy (non-hydrogen) atoms. The second-order valence-corrected chi connectivity index (χ2v) is 5.14. The number of ketones is 1. The van der Waals surface area contributed by atoms with Gasteiger partial charge in [0.25, 0.3) is 0 Å². The van der Waals surface area contributed by atoms with E-state index in [9.17, 15) is 4.79 Å². The fraction of sp³-hybridized carbons (Fsp3) is 0.667. The van der Waals surface area contributed by atoms with Gasteiger partial charge in [-0.1, -0.05) is 13.5 Å². The number of hydrogen-bond donors (Lipinski definition) is 2. The molecule has 0 aromatic rings. The van der Waals surface area contributed by atoms with E-state index in [2.05, 4.69) is 11.5 Å². The van der Waals surface area contributed by atoms with Gasteiger partial charge in [0, 0.05) is 18.9 Å². The third kappa shape index (κ3) is 8.24. The number of hydrogen-bond acceptors (Lipinski definition) is 5. The smallest absolute Gasteiger partial charge is 0.144 e. The Morgan fingerprint density at radius 2 is 2.24 bits per heavy atom. The average molecular weight is 260 g/mol. The van der Waals surface area contributed by atoms with Crippen molar-refractivity contribution in [2.45, 2.75) is 19.8 Å². The minimum atomic E-state index is -0.486. The molecule has 5 heteroatoms. The molecule has 0 bridgehead atoms. The van der Waals surface area contributed by atoms with Crippen LogP contribution in [-0.2, 0) is 9.68 Å². The molecule has 0 heterocycles. The highest BCUT2D eigenvalue weighted by Crippen LogP contribution is 2.15. The quantitative estimate of drug-likeness (QED) is 0.272. The molecule has 0 aromatic carbocycles. The summed E-state index contributed by atoms with van der Waals surface area (Å²) in [6, 6.07) is 0. The van der Waals surface area contributed by atoms with Gasteiger partial charge < -0.3 is 9.99 Å². The molecule has 0 aliphatic rings. The Labute approximate surface area is 107 Å². The summed E-state index contributed by atoms with van der Waals surface area (Å²) in [6.45, 7) is 11.0. The topological polar surface area (TPSA) is 66.8 Å². The fourth-order valence-corrected chi connectivity index (χ4v) is 1.99. The third-order valence-corrected chi connectivity index (χ3v) is 3.29. The minimum absolute atomic E-state index is 0.000866. The first-order chi connectivity index (χ1) is 8.01. The highest BCUT2D eigenvalue weighted by Gasteiger charge is 2.15. The molecule has 0 aliphatic carbocycles. The van der Waals surface area contributed by atoms with Crippen LogP contribution in [0.3, 0.4) is 0 Å². The van der Waals surface area contributed by atoms with E-state index in [1.165, 1.54) is 11.8 Å². The summed E-state index contributed by atoms with van der Waals surface area (Å²) in [5, 5.41) is 17.1. The Balaban J connectivity index is 3.67. The maximum Gasteiger partial charge on any atom is 0.144 e. The maximum absolute atomic E-state index is 11.6. The molecule has 2 radical (unpaired) electrons. The zero-order valence-electron chi connectivity index (χ0n) is 10.1. The molecule has 2 N–H and O–H groups in total. The summed E-state index contributed by atoms with van der Waals surface area (Å²) in [5.74, 6) is 0.907. The van der Waals surface area contributed by atoms with Crippen LogP contribution in [0.1, 0.15) is 19.8 Å². The van der Waals surface area contributed by atoms with Crippen LogP contribution in [0, 0.1) is 18.8 Å².